The number of nitrogens with zero attached hydrogens (tertiary/aromatic N) is 2. The maximum atomic E-state index is 12.1. The van der Waals surface area contributed by atoms with E-state index in [0.29, 0.717) is 5.56 Å². The van der Waals surface area contributed by atoms with Gasteiger partial charge in [-0.15, -0.1) is 0 Å². The van der Waals surface area contributed by atoms with Crippen molar-refractivity contribution in [1.82, 2.24) is 15.1 Å². The average molecular weight is 366 g/mol. The third kappa shape index (κ3) is 4.17. The minimum absolute atomic E-state index is 0.128. The molecule has 0 fully saturated rings. The van der Waals surface area contributed by atoms with E-state index in [-0.39, 0.29) is 24.3 Å². The summed E-state index contributed by atoms with van der Waals surface area (Å²) in [5, 5.41) is 6.91. The zero-order valence-corrected chi connectivity index (χ0v) is 13.8. The monoisotopic (exact) mass is 365 g/mol. The molecule has 0 aliphatic carbocycles. The molecule has 116 valence electrons. The van der Waals surface area contributed by atoms with Gasteiger partial charge in [0, 0.05) is 16.7 Å². The van der Waals surface area contributed by atoms with Crippen LogP contribution in [0.25, 0.3) is 5.69 Å². The molecule has 22 heavy (non-hydrogen) atoms. The van der Waals surface area contributed by atoms with E-state index >= 15 is 0 Å². The standard InChI is InChI=1S/C15H16BrN3O3/c1-10(7-14(20)22-2)18-15(21)11-8-17-19(9-11)13-5-3-12(16)4-6-13/h3-6,8-10H,7H2,1-2H3,(H,18,21). The Bertz CT molecular complexity index is 667. The molecule has 1 amide bonds. The van der Waals surface area contributed by atoms with Crippen LogP contribution in [0.15, 0.2) is 41.1 Å². The maximum absolute atomic E-state index is 12.1. The number of hydrogen-bond donors (Lipinski definition) is 1. The van der Waals surface area contributed by atoms with Crippen molar-refractivity contribution in [3.63, 3.8) is 0 Å². The lowest BCUT2D eigenvalue weighted by atomic mass is 10.2. The molecule has 1 aromatic carbocycles. The molecular formula is C15H16BrN3O3. The topological polar surface area (TPSA) is 73.2 Å². The first-order valence-corrected chi connectivity index (χ1v) is 7.47. The molecule has 1 atom stereocenters. The van der Waals surface area contributed by atoms with Gasteiger partial charge in [-0.1, -0.05) is 15.9 Å². The Kier molecular flexibility index (Phi) is 5.32. The normalized spacial score (nSPS) is 11.8. The first-order valence-electron chi connectivity index (χ1n) is 6.68. The Morgan fingerprint density at radius 3 is 2.68 bits per heavy atom. The van der Waals surface area contributed by atoms with Gasteiger partial charge in [-0.3, -0.25) is 9.59 Å². The summed E-state index contributed by atoms with van der Waals surface area (Å²) in [4.78, 5) is 23.3. The van der Waals surface area contributed by atoms with Gasteiger partial charge in [-0.2, -0.15) is 5.10 Å². The fourth-order valence-corrected chi connectivity index (χ4v) is 2.13. The van der Waals surface area contributed by atoms with E-state index < -0.39 is 0 Å². The maximum Gasteiger partial charge on any atom is 0.307 e. The van der Waals surface area contributed by atoms with Crippen LogP contribution >= 0.6 is 15.9 Å². The summed E-state index contributed by atoms with van der Waals surface area (Å²) in [6.07, 6.45) is 3.26. The van der Waals surface area contributed by atoms with Crippen LogP contribution in [0.5, 0.6) is 0 Å². The van der Waals surface area contributed by atoms with E-state index in [1.165, 1.54) is 13.3 Å². The number of hydrogen-bond acceptors (Lipinski definition) is 4. The molecule has 0 aliphatic heterocycles. The molecule has 1 N–H and O–H groups in total. The fourth-order valence-electron chi connectivity index (χ4n) is 1.87. The molecule has 1 aromatic heterocycles. The van der Waals surface area contributed by atoms with Crippen molar-refractivity contribution in [2.45, 2.75) is 19.4 Å². The van der Waals surface area contributed by atoms with Crippen molar-refractivity contribution < 1.29 is 14.3 Å². The predicted molar refractivity (Wildman–Crippen MR) is 84.8 cm³/mol. The SMILES string of the molecule is COC(=O)CC(C)NC(=O)c1cnn(-c2ccc(Br)cc2)c1. The molecule has 0 aliphatic rings. The average Bonchev–Trinajstić information content (AvgIpc) is 2.97. The quantitative estimate of drug-likeness (QED) is 0.825. The number of nitrogens with one attached hydrogen (secondary N) is 1. The molecule has 0 bridgehead atoms. The van der Waals surface area contributed by atoms with Crippen LogP contribution in [-0.2, 0) is 9.53 Å². The summed E-state index contributed by atoms with van der Waals surface area (Å²) in [5.41, 5.74) is 1.28. The molecule has 1 heterocycles. The number of aromatic nitrogens is 2. The van der Waals surface area contributed by atoms with Crippen LogP contribution < -0.4 is 5.32 Å². The first kappa shape index (κ1) is 16.2. The van der Waals surface area contributed by atoms with Crippen molar-refractivity contribution in [2.75, 3.05) is 7.11 Å². The van der Waals surface area contributed by atoms with Gasteiger partial charge in [0.1, 0.15) is 0 Å². The van der Waals surface area contributed by atoms with Gasteiger partial charge in [0.2, 0.25) is 0 Å². The van der Waals surface area contributed by atoms with E-state index in [1.807, 2.05) is 24.3 Å². The van der Waals surface area contributed by atoms with Crippen LogP contribution in [0.2, 0.25) is 0 Å². The highest BCUT2D eigenvalue weighted by atomic mass is 79.9. The Morgan fingerprint density at radius 1 is 1.36 bits per heavy atom. The zero-order valence-electron chi connectivity index (χ0n) is 12.2. The Labute approximate surface area is 136 Å². The van der Waals surface area contributed by atoms with Gasteiger partial charge in [-0.05, 0) is 31.2 Å². The molecule has 0 saturated carbocycles. The second-order valence-corrected chi connectivity index (χ2v) is 5.72. The minimum Gasteiger partial charge on any atom is -0.469 e. The van der Waals surface area contributed by atoms with E-state index in [0.717, 1.165) is 10.2 Å². The van der Waals surface area contributed by atoms with Crippen molar-refractivity contribution in [3.8, 4) is 5.69 Å². The van der Waals surface area contributed by atoms with Gasteiger partial charge < -0.3 is 10.1 Å². The second kappa shape index (κ2) is 7.22. The Morgan fingerprint density at radius 2 is 2.05 bits per heavy atom. The highest BCUT2D eigenvalue weighted by molar-refractivity contribution is 9.10. The number of halogens is 1. The first-order chi connectivity index (χ1) is 10.5. The molecule has 0 radical (unpaired) electrons. The lowest BCUT2D eigenvalue weighted by Gasteiger charge is -2.11. The van der Waals surface area contributed by atoms with Crippen molar-refractivity contribution in [1.29, 1.82) is 0 Å². The van der Waals surface area contributed by atoms with Gasteiger partial charge in [0.05, 0.1) is 31.0 Å². The highest BCUT2D eigenvalue weighted by Crippen LogP contribution is 2.14. The number of benzene rings is 1. The van der Waals surface area contributed by atoms with E-state index in [4.69, 9.17) is 0 Å². The van der Waals surface area contributed by atoms with Crippen LogP contribution in [0.3, 0.4) is 0 Å². The zero-order chi connectivity index (χ0) is 16.1. The van der Waals surface area contributed by atoms with Gasteiger partial charge >= 0.3 is 5.97 Å². The van der Waals surface area contributed by atoms with Crippen LogP contribution in [0, 0.1) is 0 Å². The number of rotatable bonds is 5. The van der Waals surface area contributed by atoms with E-state index in [2.05, 4.69) is 31.1 Å². The largest absolute Gasteiger partial charge is 0.469 e. The summed E-state index contributed by atoms with van der Waals surface area (Å²) in [6, 6.07) is 7.26. The van der Waals surface area contributed by atoms with Crippen LogP contribution in [-0.4, -0.2) is 34.8 Å². The van der Waals surface area contributed by atoms with Gasteiger partial charge in [0.15, 0.2) is 0 Å². The predicted octanol–water partition coefficient (Wildman–Crippen LogP) is 2.32. The van der Waals surface area contributed by atoms with Gasteiger partial charge in [0.25, 0.3) is 5.91 Å². The summed E-state index contributed by atoms with van der Waals surface area (Å²) >= 11 is 3.37. The lowest BCUT2D eigenvalue weighted by Crippen LogP contribution is -2.34. The lowest BCUT2D eigenvalue weighted by molar-refractivity contribution is -0.141. The van der Waals surface area contributed by atoms with Crippen LogP contribution in [0.1, 0.15) is 23.7 Å². The van der Waals surface area contributed by atoms with E-state index in [1.54, 1.807) is 17.8 Å². The summed E-state index contributed by atoms with van der Waals surface area (Å²) < 4.78 is 7.16. The number of carbonyl (C=O) groups is 2. The fraction of sp³-hybridized carbons (Fsp3) is 0.267. The number of ether oxygens (including phenoxy) is 1. The molecule has 0 spiro atoms. The Hall–Kier alpha value is -2.15. The van der Waals surface area contributed by atoms with Crippen LogP contribution in [0.4, 0.5) is 0 Å². The summed E-state index contributed by atoms with van der Waals surface area (Å²) in [6.45, 7) is 1.74. The molecule has 2 aromatic rings. The number of amides is 1. The van der Waals surface area contributed by atoms with Gasteiger partial charge in [-0.25, -0.2) is 4.68 Å². The number of carbonyl (C=O) groups excluding carboxylic acids is 2. The van der Waals surface area contributed by atoms with Crippen molar-refractivity contribution in [2.24, 2.45) is 0 Å². The minimum atomic E-state index is -0.363. The smallest absolute Gasteiger partial charge is 0.307 e. The summed E-state index contributed by atoms with van der Waals surface area (Å²) in [5.74, 6) is -0.641. The highest BCUT2D eigenvalue weighted by Gasteiger charge is 2.15. The van der Waals surface area contributed by atoms with E-state index in [9.17, 15) is 9.59 Å². The summed E-state index contributed by atoms with van der Waals surface area (Å²) in [7, 11) is 1.32. The number of esters is 1. The third-order valence-corrected chi connectivity index (χ3v) is 3.54. The van der Waals surface area contributed by atoms with Crippen molar-refractivity contribution >= 4 is 27.8 Å². The second-order valence-electron chi connectivity index (χ2n) is 4.80. The molecule has 2 rings (SSSR count). The third-order valence-electron chi connectivity index (χ3n) is 3.01. The molecule has 7 heteroatoms. The Balaban J connectivity index is 2.03. The number of methoxy groups -OCH3 is 1. The molecular weight excluding hydrogens is 350 g/mol. The molecule has 1 unspecified atom stereocenters. The molecule has 0 saturated heterocycles. The van der Waals surface area contributed by atoms with Crippen molar-refractivity contribution in [3.05, 3.63) is 46.7 Å². The molecule has 6 nitrogen and oxygen atoms in total.